The molecule has 0 aliphatic rings. The highest BCUT2D eigenvalue weighted by Crippen LogP contribution is 2.26. The van der Waals surface area contributed by atoms with Crippen LogP contribution in [0.5, 0.6) is 0 Å². The molecule has 2 aromatic carbocycles. The van der Waals surface area contributed by atoms with Gasteiger partial charge in [0.05, 0.1) is 16.6 Å². The van der Waals surface area contributed by atoms with E-state index in [0.29, 0.717) is 22.4 Å². The van der Waals surface area contributed by atoms with Crippen LogP contribution >= 0.6 is 22.6 Å². The molecule has 0 aliphatic heterocycles. The van der Waals surface area contributed by atoms with Crippen LogP contribution in [0.15, 0.2) is 48.5 Å². The number of nitrogens with zero attached hydrogens (tertiary/aromatic N) is 3. The molecule has 0 atom stereocenters. The van der Waals surface area contributed by atoms with Crippen molar-refractivity contribution in [2.45, 2.75) is 13.8 Å². The smallest absolute Gasteiger partial charge is 0.149 e. The third-order valence-electron chi connectivity index (χ3n) is 4.66. The molecule has 2 heterocycles. The van der Waals surface area contributed by atoms with Crippen molar-refractivity contribution in [3.63, 3.8) is 0 Å². The van der Waals surface area contributed by atoms with Gasteiger partial charge in [0.1, 0.15) is 17.7 Å². The van der Waals surface area contributed by atoms with E-state index in [0.717, 1.165) is 26.2 Å². The van der Waals surface area contributed by atoms with E-state index in [-0.39, 0.29) is 5.82 Å². The maximum Gasteiger partial charge on any atom is 0.149 e. The first-order valence-electron chi connectivity index (χ1n) is 8.68. The van der Waals surface area contributed by atoms with Crippen LogP contribution in [0, 0.1) is 34.6 Å². The Morgan fingerprint density at radius 2 is 2.04 bits per heavy atom. The van der Waals surface area contributed by atoms with Crippen LogP contribution in [0.3, 0.4) is 0 Å². The van der Waals surface area contributed by atoms with Crippen LogP contribution in [0.4, 0.5) is 4.39 Å². The van der Waals surface area contributed by atoms with Crippen molar-refractivity contribution in [2.75, 3.05) is 0 Å². The van der Waals surface area contributed by atoms with E-state index in [1.54, 1.807) is 6.07 Å². The molecule has 0 amide bonds. The minimum Gasteiger partial charge on any atom is -0.337 e. The summed E-state index contributed by atoms with van der Waals surface area (Å²) < 4.78 is 16.8. The molecule has 0 spiro atoms. The Balaban J connectivity index is 1.80. The first-order valence-corrected chi connectivity index (χ1v) is 9.76. The molecule has 4 rings (SSSR count). The monoisotopic (exact) mass is 482 g/mol. The van der Waals surface area contributed by atoms with Crippen LogP contribution in [0.1, 0.15) is 22.8 Å². The number of benzene rings is 2. The van der Waals surface area contributed by atoms with E-state index >= 15 is 0 Å². The Labute approximate surface area is 175 Å². The summed E-state index contributed by atoms with van der Waals surface area (Å²) in [6, 6.07) is 16.9. The van der Waals surface area contributed by atoms with Crippen molar-refractivity contribution >= 4 is 45.3 Å². The second-order valence-electron chi connectivity index (χ2n) is 6.56. The lowest BCUT2D eigenvalue weighted by atomic mass is 10.1. The molecule has 28 heavy (non-hydrogen) atoms. The first-order chi connectivity index (χ1) is 13.5. The number of rotatable bonds is 3. The molecule has 0 fully saturated rings. The minimum absolute atomic E-state index is 0.341. The predicted molar refractivity (Wildman–Crippen MR) is 117 cm³/mol. The third kappa shape index (κ3) is 3.34. The molecular formula is C22H16FIN4. The minimum atomic E-state index is -0.341. The molecule has 4 nitrogen and oxygen atoms in total. The van der Waals surface area contributed by atoms with Gasteiger partial charge < -0.3 is 9.55 Å². The average Bonchev–Trinajstić information content (AvgIpc) is 3.19. The highest BCUT2D eigenvalue weighted by Gasteiger charge is 2.13. The van der Waals surface area contributed by atoms with E-state index in [1.165, 1.54) is 12.1 Å². The zero-order valence-corrected chi connectivity index (χ0v) is 17.5. The van der Waals surface area contributed by atoms with Gasteiger partial charge in [0.2, 0.25) is 0 Å². The summed E-state index contributed by atoms with van der Waals surface area (Å²) in [4.78, 5) is 7.47. The quantitative estimate of drug-likeness (QED) is 0.298. The lowest BCUT2D eigenvalue weighted by Gasteiger charge is -2.10. The maximum atomic E-state index is 13.4. The van der Waals surface area contributed by atoms with Gasteiger partial charge in [-0.1, -0.05) is 6.07 Å². The molecule has 0 aliphatic carbocycles. The number of halogens is 2. The molecule has 4 aromatic rings. The predicted octanol–water partition coefficient (Wildman–Crippen LogP) is 5.78. The summed E-state index contributed by atoms with van der Waals surface area (Å²) in [6.07, 6.45) is 1.82. The lowest BCUT2D eigenvalue weighted by molar-refractivity contribution is 0.629. The van der Waals surface area contributed by atoms with Crippen LogP contribution in [0.25, 0.3) is 28.4 Å². The van der Waals surface area contributed by atoms with E-state index < -0.39 is 0 Å². The number of fused-ring (bicyclic) bond motifs is 1. The Bertz CT molecular complexity index is 1270. The van der Waals surface area contributed by atoms with Crippen molar-refractivity contribution in [1.82, 2.24) is 14.5 Å². The molecule has 1 N–H and O–H groups in total. The summed E-state index contributed by atoms with van der Waals surface area (Å²) in [7, 11) is 0. The zero-order valence-electron chi connectivity index (χ0n) is 15.3. The molecule has 2 aromatic heterocycles. The molecule has 0 saturated carbocycles. The highest BCUT2D eigenvalue weighted by atomic mass is 127. The number of allylic oxidation sites excluding steroid dienone is 1. The van der Waals surface area contributed by atoms with Gasteiger partial charge in [0.25, 0.3) is 0 Å². The molecule has 0 saturated heterocycles. The number of aromatic amines is 1. The molecule has 6 heteroatoms. The number of hydrogen-bond donors (Lipinski definition) is 1. The molecule has 138 valence electrons. The Morgan fingerprint density at radius 3 is 2.79 bits per heavy atom. The second kappa shape index (κ2) is 7.24. The van der Waals surface area contributed by atoms with Gasteiger partial charge in [-0.3, -0.25) is 0 Å². The molecule has 0 unspecified atom stereocenters. The highest BCUT2D eigenvalue weighted by molar-refractivity contribution is 14.1. The van der Waals surface area contributed by atoms with Gasteiger partial charge in [-0.15, -0.1) is 0 Å². The van der Waals surface area contributed by atoms with Crippen LogP contribution < -0.4 is 0 Å². The fourth-order valence-electron chi connectivity index (χ4n) is 3.36. The topological polar surface area (TPSA) is 57.4 Å². The van der Waals surface area contributed by atoms with Crippen molar-refractivity contribution in [1.29, 1.82) is 5.26 Å². The largest absolute Gasteiger partial charge is 0.337 e. The standard InChI is InChI=1S/C22H16FIN4/c1-13-8-15(14(2)28(13)19-5-3-4-18(24)11-19)9-16(12-25)22-26-20-7-6-17(23)10-21(20)27-22/h3-11H,1-2H3,(H,26,27)/b16-9-. The summed E-state index contributed by atoms with van der Waals surface area (Å²) in [5.41, 5.74) is 5.74. The van der Waals surface area contributed by atoms with Crippen molar-refractivity contribution in [3.8, 4) is 11.8 Å². The number of aryl methyl sites for hydroxylation is 1. The Kier molecular flexibility index (Phi) is 4.77. The van der Waals surface area contributed by atoms with Gasteiger partial charge in [-0.25, -0.2) is 9.37 Å². The van der Waals surface area contributed by atoms with Crippen molar-refractivity contribution < 1.29 is 4.39 Å². The SMILES string of the molecule is Cc1cc(/C=C(/C#N)c2nc3ccc(F)cc3[nH]2)c(C)n1-c1cccc(I)c1. The number of imidazole rings is 1. The third-order valence-corrected chi connectivity index (χ3v) is 5.33. The number of hydrogen-bond acceptors (Lipinski definition) is 2. The van der Waals surface area contributed by atoms with Gasteiger partial charge >= 0.3 is 0 Å². The number of nitriles is 1. The fourth-order valence-corrected chi connectivity index (χ4v) is 3.89. The van der Waals surface area contributed by atoms with Gasteiger partial charge in [-0.05, 0) is 90.5 Å². The van der Waals surface area contributed by atoms with Gasteiger partial charge in [0, 0.05) is 20.6 Å². The first kappa shape index (κ1) is 18.4. The van der Waals surface area contributed by atoms with Gasteiger partial charge in [-0.2, -0.15) is 5.26 Å². The van der Waals surface area contributed by atoms with Crippen molar-refractivity contribution in [2.24, 2.45) is 0 Å². The van der Waals surface area contributed by atoms with E-state index in [9.17, 15) is 9.65 Å². The number of H-pyrrole nitrogens is 1. The average molecular weight is 482 g/mol. The number of aromatic nitrogens is 3. The maximum absolute atomic E-state index is 13.4. The summed E-state index contributed by atoms with van der Waals surface area (Å²) in [5, 5.41) is 9.68. The summed E-state index contributed by atoms with van der Waals surface area (Å²) >= 11 is 2.30. The zero-order chi connectivity index (χ0) is 19.8. The van der Waals surface area contributed by atoms with Crippen LogP contribution in [0.2, 0.25) is 0 Å². The van der Waals surface area contributed by atoms with E-state index in [2.05, 4.69) is 67.5 Å². The van der Waals surface area contributed by atoms with Crippen LogP contribution in [-0.2, 0) is 0 Å². The summed E-state index contributed by atoms with van der Waals surface area (Å²) in [6.45, 7) is 4.07. The molecular weight excluding hydrogens is 466 g/mol. The Hall–Kier alpha value is -2.92. The van der Waals surface area contributed by atoms with Gasteiger partial charge in [0.15, 0.2) is 0 Å². The van der Waals surface area contributed by atoms with E-state index in [4.69, 9.17) is 0 Å². The fraction of sp³-hybridized carbons (Fsp3) is 0.0909. The molecule has 0 bridgehead atoms. The number of nitrogens with one attached hydrogen (secondary N) is 1. The Morgan fingerprint density at radius 1 is 1.21 bits per heavy atom. The normalized spacial score (nSPS) is 11.8. The molecule has 0 radical (unpaired) electrons. The van der Waals surface area contributed by atoms with E-state index in [1.807, 2.05) is 26.0 Å². The summed E-state index contributed by atoms with van der Waals surface area (Å²) in [5.74, 6) is 0.0911. The van der Waals surface area contributed by atoms with Crippen molar-refractivity contribution in [3.05, 3.63) is 80.7 Å². The van der Waals surface area contributed by atoms with Crippen LogP contribution in [-0.4, -0.2) is 14.5 Å². The second-order valence-corrected chi connectivity index (χ2v) is 7.80. The lowest BCUT2D eigenvalue weighted by Crippen LogP contribution is -1.99.